The van der Waals surface area contributed by atoms with Crippen molar-refractivity contribution in [1.29, 1.82) is 0 Å². The van der Waals surface area contributed by atoms with Gasteiger partial charge in [-0.25, -0.2) is 0 Å². The van der Waals surface area contributed by atoms with Gasteiger partial charge in [-0.3, -0.25) is 4.79 Å². The van der Waals surface area contributed by atoms with E-state index in [0.29, 0.717) is 11.1 Å². The van der Waals surface area contributed by atoms with Gasteiger partial charge in [-0.2, -0.15) is 0 Å². The van der Waals surface area contributed by atoms with Crippen LogP contribution in [0.15, 0.2) is 48.6 Å². The zero-order valence-electron chi connectivity index (χ0n) is 12.9. The molecule has 0 aliphatic rings. The molecule has 0 aliphatic heterocycles. The normalized spacial score (nSPS) is 11.3. The predicted octanol–water partition coefficient (Wildman–Crippen LogP) is 3.58. The second-order valence-corrected chi connectivity index (χ2v) is 5.24. The van der Waals surface area contributed by atoms with Gasteiger partial charge in [0.25, 0.3) is 0 Å². The lowest BCUT2D eigenvalue weighted by atomic mass is 10.1. The van der Waals surface area contributed by atoms with Crippen LogP contribution in [-0.2, 0) is 4.79 Å². The number of hydrogen-bond acceptors (Lipinski definition) is 5. The number of benzene rings is 2. The summed E-state index contributed by atoms with van der Waals surface area (Å²) in [4.78, 5) is 11.8. The van der Waals surface area contributed by atoms with E-state index in [1.54, 1.807) is 24.3 Å². The Bertz CT molecular complexity index is 725. The van der Waals surface area contributed by atoms with Crippen molar-refractivity contribution in [2.45, 2.75) is 12.8 Å². The first kappa shape index (κ1) is 17.1. The number of Topliss-reactive ketones (excluding diaryl/α,β-unsaturated/α-hetero) is 1. The first-order valence-corrected chi connectivity index (χ1v) is 7.34. The van der Waals surface area contributed by atoms with Crippen LogP contribution in [0, 0.1) is 0 Å². The van der Waals surface area contributed by atoms with Gasteiger partial charge in [0, 0.05) is 24.0 Å². The Morgan fingerprint density at radius 1 is 0.750 bits per heavy atom. The third-order valence-electron chi connectivity index (χ3n) is 3.31. The van der Waals surface area contributed by atoms with E-state index in [2.05, 4.69) is 0 Å². The largest absolute Gasteiger partial charge is 0.508 e. The van der Waals surface area contributed by atoms with Crippen LogP contribution in [0.2, 0.25) is 0 Å². The number of carbonyl (C=O) groups excluding carboxylic acids is 1. The Kier molecular flexibility index (Phi) is 5.63. The summed E-state index contributed by atoms with van der Waals surface area (Å²) in [6.07, 6.45) is 6.69. The highest BCUT2D eigenvalue weighted by Gasteiger charge is 2.01. The minimum absolute atomic E-state index is 0.0238. The van der Waals surface area contributed by atoms with Crippen molar-refractivity contribution in [3.05, 3.63) is 59.7 Å². The third-order valence-corrected chi connectivity index (χ3v) is 3.31. The molecule has 124 valence electrons. The SMILES string of the molecule is O=C(CC=Cc1cc(O)ccc1O)CC=Cc1cc(O)ccc1O. The lowest BCUT2D eigenvalue weighted by Crippen LogP contribution is -1.92. The number of phenolic OH excluding ortho intramolecular Hbond substituents is 4. The molecule has 0 aliphatic carbocycles. The van der Waals surface area contributed by atoms with Crippen LogP contribution in [0.5, 0.6) is 23.0 Å². The van der Waals surface area contributed by atoms with Crippen molar-refractivity contribution in [2.75, 3.05) is 0 Å². The van der Waals surface area contributed by atoms with E-state index in [4.69, 9.17) is 0 Å². The molecule has 0 fully saturated rings. The van der Waals surface area contributed by atoms with Crippen molar-refractivity contribution < 1.29 is 25.2 Å². The van der Waals surface area contributed by atoms with Crippen LogP contribution < -0.4 is 0 Å². The summed E-state index contributed by atoms with van der Waals surface area (Å²) in [5.74, 6) is 0.0635. The fraction of sp³-hybridized carbons (Fsp3) is 0.105. The molecule has 0 spiro atoms. The topological polar surface area (TPSA) is 98.0 Å². The summed E-state index contributed by atoms with van der Waals surface area (Å²) in [6.45, 7) is 0. The maximum Gasteiger partial charge on any atom is 0.140 e. The third kappa shape index (κ3) is 4.91. The zero-order valence-corrected chi connectivity index (χ0v) is 12.9. The number of allylic oxidation sites excluding steroid dienone is 2. The highest BCUT2D eigenvalue weighted by molar-refractivity contribution is 5.83. The second kappa shape index (κ2) is 7.87. The van der Waals surface area contributed by atoms with Gasteiger partial charge in [0.15, 0.2) is 0 Å². The maximum absolute atomic E-state index is 11.8. The average Bonchev–Trinajstić information content (AvgIpc) is 2.54. The lowest BCUT2D eigenvalue weighted by Gasteiger charge is -2.00. The Hall–Kier alpha value is -3.21. The van der Waals surface area contributed by atoms with Crippen LogP contribution in [0.3, 0.4) is 0 Å². The van der Waals surface area contributed by atoms with E-state index < -0.39 is 0 Å². The minimum Gasteiger partial charge on any atom is -0.508 e. The summed E-state index contributed by atoms with van der Waals surface area (Å²) in [5.41, 5.74) is 0.867. The molecule has 2 aromatic carbocycles. The first-order chi connectivity index (χ1) is 11.5. The summed E-state index contributed by atoms with van der Waals surface area (Å²) in [7, 11) is 0. The summed E-state index contributed by atoms with van der Waals surface area (Å²) in [6, 6.07) is 8.31. The molecule has 0 heterocycles. The molecule has 4 N–H and O–H groups in total. The number of rotatable bonds is 6. The molecular formula is C19H18O5. The molecule has 0 atom stereocenters. The van der Waals surface area contributed by atoms with E-state index in [9.17, 15) is 25.2 Å². The van der Waals surface area contributed by atoms with E-state index in [-0.39, 0.29) is 41.6 Å². The van der Waals surface area contributed by atoms with Gasteiger partial charge in [-0.1, -0.05) is 24.3 Å². The quantitative estimate of drug-likeness (QED) is 0.608. The summed E-state index contributed by atoms with van der Waals surface area (Å²) >= 11 is 0. The van der Waals surface area contributed by atoms with Crippen molar-refractivity contribution in [3.63, 3.8) is 0 Å². The fourth-order valence-corrected chi connectivity index (χ4v) is 2.07. The second-order valence-electron chi connectivity index (χ2n) is 5.24. The first-order valence-electron chi connectivity index (χ1n) is 7.34. The highest BCUT2D eigenvalue weighted by atomic mass is 16.3. The Morgan fingerprint density at radius 3 is 1.58 bits per heavy atom. The van der Waals surface area contributed by atoms with E-state index >= 15 is 0 Å². The highest BCUT2D eigenvalue weighted by Crippen LogP contribution is 2.24. The fourth-order valence-electron chi connectivity index (χ4n) is 2.07. The van der Waals surface area contributed by atoms with E-state index in [0.717, 1.165) is 0 Å². The van der Waals surface area contributed by atoms with Crippen LogP contribution in [0.25, 0.3) is 12.2 Å². The smallest absolute Gasteiger partial charge is 0.140 e. The van der Waals surface area contributed by atoms with Gasteiger partial charge in [-0.05, 0) is 36.4 Å². The van der Waals surface area contributed by atoms with Gasteiger partial charge in [-0.15, -0.1) is 0 Å². The van der Waals surface area contributed by atoms with Crippen molar-refractivity contribution in [3.8, 4) is 23.0 Å². The number of phenols is 4. The molecule has 0 saturated heterocycles. The number of ketones is 1. The number of aromatic hydroxyl groups is 4. The van der Waals surface area contributed by atoms with Gasteiger partial charge in [0.05, 0.1) is 0 Å². The number of carbonyl (C=O) groups is 1. The van der Waals surface area contributed by atoms with Crippen molar-refractivity contribution >= 4 is 17.9 Å². The minimum atomic E-state index is -0.0539. The lowest BCUT2D eigenvalue weighted by molar-refractivity contribution is -0.117. The number of hydrogen-bond donors (Lipinski definition) is 4. The molecule has 5 heteroatoms. The molecule has 0 amide bonds. The van der Waals surface area contributed by atoms with E-state index in [1.165, 1.54) is 36.4 Å². The zero-order chi connectivity index (χ0) is 17.5. The molecule has 0 bridgehead atoms. The molecule has 2 aromatic rings. The molecule has 5 nitrogen and oxygen atoms in total. The van der Waals surface area contributed by atoms with Gasteiger partial charge >= 0.3 is 0 Å². The van der Waals surface area contributed by atoms with E-state index in [1.807, 2.05) is 0 Å². The van der Waals surface area contributed by atoms with Gasteiger partial charge in [0.2, 0.25) is 0 Å². The molecular weight excluding hydrogens is 308 g/mol. The van der Waals surface area contributed by atoms with Crippen molar-refractivity contribution in [2.24, 2.45) is 0 Å². The molecule has 0 unspecified atom stereocenters. The maximum atomic E-state index is 11.8. The molecule has 24 heavy (non-hydrogen) atoms. The van der Waals surface area contributed by atoms with Crippen LogP contribution >= 0.6 is 0 Å². The molecule has 2 rings (SSSR count). The Labute approximate surface area is 139 Å². The summed E-state index contributed by atoms with van der Waals surface area (Å²) < 4.78 is 0. The molecule has 0 aromatic heterocycles. The van der Waals surface area contributed by atoms with Crippen LogP contribution in [0.1, 0.15) is 24.0 Å². The van der Waals surface area contributed by atoms with Gasteiger partial charge in [0.1, 0.15) is 28.8 Å². The Balaban J connectivity index is 1.89. The van der Waals surface area contributed by atoms with Gasteiger partial charge < -0.3 is 20.4 Å². The standard InChI is InChI=1S/C19H18O5/c20-15(5-1-3-13-11-16(21)7-9-18(13)23)6-2-4-14-12-17(22)8-10-19(14)24/h1-4,7-12,21-24H,5-6H2. The van der Waals surface area contributed by atoms with Crippen molar-refractivity contribution in [1.82, 2.24) is 0 Å². The predicted molar refractivity (Wildman–Crippen MR) is 91.9 cm³/mol. The Morgan fingerprint density at radius 2 is 1.17 bits per heavy atom. The van der Waals surface area contributed by atoms with Crippen LogP contribution in [0.4, 0.5) is 0 Å². The van der Waals surface area contributed by atoms with Crippen LogP contribution in [-0.4, -0.2) is 26.2 Å². The molecule has 0 radical (unpaired) electrons. The average molecular weight is 326 g/mol. The summed E-state index contributed by atoms with van der Waals surface area (Å²) in [5, 5.41) is 37.9. The molecule has 0 saturated carbocycles. The monoisotopic (exact) mass is 326 g/mol.